The van der Waals surface area contributed by atoms with Crippen LogP contribution >= 0.6 is 0 Å². The van der Waals surface area contributed by atoms with Gasteiger partial charge in [0.1, 0.15) is 18.1 Å². The molecule has 0 fully saturated rings. The molecular weight excluding hydrogens is 370 g/mol. The second kappa shape index (κ2) is 7.58. The van der Waals surface area contributed by atoms with E-state index in [2.05, 4.69) is 0 Å². The van der Waals surface area contributed by atoms with Crippen LogP contribution in [-0.4, -0.2) is 45.6 Å². The Labute approximate surface area is 158 Å². The van der Waals surface area contributed by atoms with Gasteiger partial charge in [-0.2, -0.15) is 4.31 Å². The minimum Gasteiger partial charge on any atom is -0.497 e. The summed E-state index contributed by atoms with van der Waals surface area (Å²) in [5.41, 5.74) is 1.04. The first-order valence-electron chi connectivity index (χ1n) is 8.36. The highest BCUT2D eigenvalue weighted by Gasteiger charge is 2.32. The molecule has 2 aromatic carbocycles. The number of carbonyl (C=O) groups is 1. The number of rotatable bonds is 4. The average molecular weight is 391 g/mol. The van der Waals surface area contributed by atoms with Crippen LogP contribution < -0.4 is 9.47 Å². The molecule has 0 aliphatic carbocycles. The molecule has 0 N–H and O–H groups in total. The topological polar surface area (TPSA) is 82.1 Å². The van der Waals surface area contributed by atoms with Crippen molar-refractivity contribution in [2.24, 2.45) is 0 Å². The molecule has 1 heterocycles. The summed E-state index contributed by atoms with van der Waals surface area (Å²) in [4.78, 5) is 11.9. The van der Waals surface area contributed by atoms with E-state index in [1.807, 2.05) is 0 Å². The highest BCUT2D eigenvalue weighted by Crippen LogP contribution is 2.30. The predicted octanol–water partition coefficient (Wildman–Crippen LogP) is 2.45. The fourth-order valence-electron chi connectivity index (χ4n) is 2.89. The third-order valence-electron chi connectivity index (χ3n) is 4.45. The molecule has 0 amide bonds. The number of nitrogens with zero attached hydrogens (tertiary/aromatic N) is 1. The van der Waals surface area contributed by atoms with Crippen molar-refractivity contribution in [2.75, 3.05) is 20.8 Å². The summed E-state index contributed by atoms with van der Waals surface area (Å²) in [7, 11) is -0.897. The number of carbonyl (C=O) groups excluding carboxylic acids is 1. The Hall–Kier alpha value is -2.58. The number of esters is 1. The Morgan fingerprint density at radius 2 is 1.85 bits per heavy atom. The van der Waals surface area contributed by atoms with Crippen LogP contribution in [0.15, 0.2) is 47.4 Å². The third-order valence-corrected chi connectivity index (χ3v) is 6.43. The monoisotopic (exact) mass is 391 g/mol. The Bertz CT molecular complexity index is 939. The third kappa shape index (κ3) is 3.77. The van der Waals surface area contributed by atoms with Gasteiger partial charge in [0.2, 0.25) is 10.0 Å². The van der Waals surface area contributed by atoms with Crippen LogP contribution in [-0.2, 0) is 21.3 Å². The lowest BCUT2D eigenvalue weighted by Crippen LogP contribution is -2.39. The summed E-state index contributed by atoms with van der Waals surface area (Å²) in [5, 5.41) is 0. The lowest BCUT2D eigenvalue weighted by atomic mass is 10.1. The van der Waals surface area contributed by atoms with Crippen LogP contribution in [0.5, 0.6) is 11.5 Å². The van der Waals surface area contributed by atoms with Crippen molar-refractivity contribution in [3.63, 3.8) is 0 Å². The van der Waals surface area contributed by atoms with Crippen molar-refractivity contribution in [3.8, 4) is 11.5 Å². The molecule has 144 valence electrons. The summed E-state index contributed by atoms with van der Waals surface area (Å²) < 4.78 is 43.2. The number of methoxy groups -OCH3 is 2. The molecule has 27 heavy (non-hydrogen) atoms. The zero-order valence-corrected chi connectivity index (χ0v) is 16.2. The van der Waals surface area contributed by atoms with Crippen molar-refractivity contribution < 1.29 is 27.4 Å². The number of sulfonamides is 1. The smallest absolute Gasteiger partial charge is 0.337 e. The molecular formula is C19H21NO6S. The number of benzene rings is 2. The van der Waals surface area contributed by atoms with Crippen molar-refractivity contribution >= 4 is 16.0 Å². The van der Waals surface area contributed by atoms with Gasteiger partial charge >= 0.3 is 5.97 Å². The highest BCUT2D eigenvalue weighted by molar-refractivity contribution is 7.89. The van der Waals surface area contributed by atoms with E-state index in [4.69, 9.17) is 14.2 Å². The van der Waals surface area contributed by atoms with E-state index in [9.17, 15) is 13.2 Å². The maximum Gasteiger partial charge on any atom is 0.337 e. The number of hydrogen-bond donors (Lipinski definition) is 0. The van der Waals surface area contributed by atoms with E-state index in [0.717, 1.165) is 0 Å². The molecule has 8 heteroatoms. The average Bonchev–Trinajstić information content (AvgIpc) is 2.86. The Morgan fingerprint density at radius 1 is 1.15 bits per heavy atom. The highest BCUT2D eigenvalue weighted by atomic mass is 32.2. The van der Waals surface area contributed by atoms with E-state index in [1.54, 1.807) is 37.3 Å². The van der Waals surface area contributed by atoms with Crippen molar-refractivity contribution in [1.29, 1.82) is 0 Å². The summed E-state index contributed by atoms with van der Waals surface area (Å²) in [6.07, 6.45) is 0. The second-order valence-electron chi connectivity index (χ2n) is 6.20. The molecule has 1 aliphatic heterocycles. The van der Waals surface area contributed by atoms with Crippen molar-refractivity contribution in [1.82, 2.24) is 4.31 Å². The molecule has 0 unspecified atom stereocenters. The van der Waals surface area contributed by atoms with E-state index in [1.165, 1.54) is 30.7 Å². The van der Waals surface area contributed by atoms with Gasteiger partial charge in [-0.05, 0) is 43.3 Å². The molecule has 0 bridgehead atoms. The number of ether oxygens (including phenoxy) is 3. The van der Waals surface area contributed by atoms with E-state index in [-0.39, 0.29) is 24.1 Å². The first-order chi connectivity index (χ1) is 12.9. The van der Waals surface area contributed by atoms with Gasteiger partial charge in [-0.1, -0.05) is 6.07 Å². The fraction of sp³-hybridized carbons (Fsp3) is 0.316. The van der Waals surface area contributed by atoms with Crippen LogP contribution in [0.1, 0.15) is 22.8 Å². The van der Waals surface area contributed by atoms with E-state index in [0.29, 0.717) is 22.6 Å². The van der Waals surface area contributed by atoms with Gasteiger partial charge in [0.15, 0.2) is 0 Å². The van der Waals surface area contributed by atoms with Gasteiger partial charge in [0, 0.05) is 12.1 Å². The van der Waals surface area contributed by atoms with E-state index >= 15 is 0 Å². The minimum atomic E-state index is -3.73. The molecule has 7 nitrogen and oxygen atoms in total. The van der Waals surface area contributed by atoms with Crippen molar-refractivity contribution in [3.05, 3.63) is 53.6 Å². The maximum atomic E-state index is 13.1. The van der Waals surface area contributed by atoms with Crippen LogP contribution in [0.3, 0.4) is 0 Å². The summed E-state index contributed by atoms with van der Waals surface area (Å²) in [5.74, 6) is 0.598. The normalized spacial score (nSPS) is 17.4. The number of hydrogen-bond acceptors (Lipinski definition) is 6. The first kappa shape index (κ1) is 19.2. The van der Waals surface area contributed by atoms with Gasteiger partial charge in [-0.25, -0.2) is 13.2 Å². The molecule has 0 spiro atoms. The van der Waals surface area contributed by atoms with Crippen LogP contribution in [0.25, 0.3) is 0 Å². The van der Waals surface area contributed by atoms with Gasteiger partial charge in [-0.3, -0.25) is 0 Å². The summed E-state index contributed by atoms with van der Waals surface area (Å²) in [6, 6.07) is 10.8. The zero-order chi connectivity index (χ0) is 19.6. The standard InChI is InChI=1S/C19H21NO6S/c1-13-12-26-18-10-14(19(21)25-3)4-5-15(18)11-20(13)27(22,23)17-8-6-16(24-2)7-9-17/h4-10,13H,11-12H2,1-3H3/t13-/m0/s1. The largest absolute Gasteiger partial charge is 0.497 e. The first-order valence-corrected chi connectivity index (χ1v) is 9.80. The van der Waals surface area contributed by atoms with Gasteiger partial charge in [-0.15, -0.1) is 0 Å². The minimum absolute atomic E-state index is 0.145. The summed E-state index contributed by atoms with van der Waals surface area (Å²) >= 11 is 0. The molecule has 2 aromatic rings. The van der Waals surface area contributed by atoms with E-state index < -0.39 is 16.0 Å². The second-order valence-corrected chi connectivity index (χ2v) is 8.09. The lowest BCUT2D eigenvalue weighted by molar-refractivity contribution is 0.0600. The quantitative estimate of drug-likeness (QED) is 0.745. The Kier molecular flexibility index (Phi) is 5.38. The lowest BCUT2D eigenvalue weighted by Gasteiger charge is -2.25. The number of fused-ring (bicyclic) bond motifs is 1. The molecule has 1 atom stereocenters. The molecule has 0 aromatic heterocycles. The van der Waals surface area contributed by atoms with Gasteiger partial charge < -0.3 is 14.2 Å². The predicted molar refractivity (Wildman–Crippen MR) is 98.5 cm³/mol. The van der Waals surface area contributed by atoms with Gasteiger partial charge in [0.25, 0.3) is 0 Å². The van der Waals surface area contributed by atoms with Crippen LogP contribution in [0.4, 0.5) is 0 Å². The fourth-order valence-corrected chi connectivity index (χ4v) is 4.48. The molecule has 1 aliphatic rings. The molecule has 3 rings (SSSR count). The Balaban J connectivity index is 1.95. The maximum absolute atomic E-state index is 13.1. The molecule has 0 saturated heterocycles. The SMILES string of the molecule is COC(=O)c1ccc2c(c1)OC[C@H](C)N(S(=O)(=O)c1ccc(OC)cc1)C2. The molecule has 0 radical (unpaired) electrons. The van der Waals surface area contributed by atoms with Crippen LogP contribution in [0.2, 0.25) is 0 Å². The van der Waals surface area contributed by atoms with Gasteiger partial charge in [0.05, 0.1) is 30.7 Å². The van der Waals surface area contributed by atoms with Crippen LogP contribution in [0, 0.1) is 0 Å². The molecule has 0 saturated carbocycles. The van der Waals surface area contributed by atoms with Crippen molar-refractivity contribution in [2.45, 2.75) is 24.4 Å². The zero-order valence-electron chi connectivity index (χ0n) is 15.3. The summed E-state index contributed by atoms with van der Waals surface area (Å²) in [6.45, 7) is 2.10. The Morgan fingerprint density at radius 3 is 2.48 bits per heavy atom.